The highest BCUT2D eigenvalue weighted by molar-refractivity contribution is 7.80. The number of hydrogen-bond acceptors (Lipinski definition) is 6. The topological polar surface area (TPSA) is 96.3 Å². The maximum atomic E-state index is 10.3. The molecule has 0 aliphatic rings. The van der Waals surface area contributed by atoms with Crippen LogP contribution in [0, 0.1) is 6.92 Å². The Hall–Kier alpha value is -1.77. The molecule has 8 heteroatoms. The molecule has 19 heavy (non-hydrogen) atoms. The molecule has 0 atom stereocenters. The molecule has 102 valence electrons. The molecule has 0 radical (unpaired) electrons. The van der Waals surface area contributed by atoms with Gasteiger partial charge in [-0.1, -0.05) is 5.16 Å². The fraction of sp³-hybridized carbons (Fsp3) is 0.273. The van der Waals surface area contributed by atoms with E-state index in [1.165, 1.54) is 0 Å². The molecule has 0 bridgehead atoms. The van der Waals surface area contributed by atoms with Crippen LogP contribution in [0.3, 0.4) is 0 Å². The Morgan fingerprint density at radius 2 is 2.11 bits per heavy atom. The van der Waals surface area contributed by atoms with Crippen LogP contribution in [-0.2, 0) is 21.1 Å². The number of pyridine rings is 1. The number of aromatic nitrogens is 2. The van der Waals surface area contributed by atoms with Crippen LogP contribution in [0.1, 0.15) is 5.69 Å². The second-order valence-corrected chi connectivity index (χ2v) is 4.94. The van der Waals surface area contributed by atoms with E-state index in [1.807, 2.05) is 13.0 Å². The Morgan fingerprint density at radius 1 is 1.42 bits per heavy atom. The van der Waals surface area contributed by atoms with Gasteiger partial charge in [0, 0.05) is 23.8 Å². The first kappa shape index (κ1) is 13.7. The first-order valence-electron chi connectivity index (χ1n) is 5.47. The summed E-state index contributed by atoms with van der Waals surface area (Å²) in [5.41, 5.74) is 1.65. The lowest BCUT2D eigenvalue weighted by Gasteiger charge is -2.05. The van der Waals surface area contributed by atoms with Crippen LogP contribution >= 0.6 is 0 Å². The van der Waals surface area contributed by atoms with Gasteiger partial charge < -0.3 is 9.08 Å². The Morgan fingerprint density at radius 3 is 2.63 bits per heavy atom. The molecule has 2 heterocycles. The van der Waals surface area contributed by atoms with Crippen molar-refractivity contribution in [3.05, 3.63) is 36.3 Å². The summed E-state index contributed by atoms with van der Waals surface area (Å²) in [6.45, 7) is 1.89. The molecule has 0 saturated heterocycles. The predicted molar refractivity (Wildman–Crippen MR) is 62.5 cm³/mol. The molecule has 7 nitrogen and oxygen atoms in total. The summed E-state index contributed by atoms with van der Waals surface area (Å²) < 4.78 is 41.7. The zero-order valence-corrected chi connectivity index (χ0v) is 11.0. The van der Waals surface area contributed by atoms with E-state index in [9.17, 15) is 13.0 Å². The van der Waals surface area contributed by atoms with Gasteiger partial charge >= 0.3 is 0 Å². The van der Waals surface area contributed by atoms with Crippen LogP contribution in [0.25, 0.3) is 11.3 Å². The molecule has 2 rings (SSSR count). The predicted octanol–water partition coefficient (Wildman–Crippen LogP) is 0.414. The van der Waals surface area contributed by atoms with Crippen molar-refractivity contribution in [2.24, 2.45) is 0 Å². The third-order valence-corrected chi connectivity index (χ3v) is 2.84. The van der Waals surface area contributed by atoms with Gasteiger partial charge in [0.1, 0.15) is 6.61 Å². The summed E-state index contributed by atoms with van der Waals surface area (Å²) in [5, 5.41) is 3.79. The third kappa shape index (κ3) is 4.12. The molecule has 0 saturated carbocycles. The second-order valence-electron chi connectivity index (χ2n) is 3.89. The summed E-state index contributed by atoms with van der Waals surface area (Å²) in [6.07, 6.45) is 3.46. The maximum Gasteiger partial charge on any atom is 0.217 e. The molecular formula is C11H12N2O5S. The van der Waals surface area contributed by atoms with E-state index in [4.69, 9.17) is 4.52 Å². The molecule has 0 aromatic carbocycles. The van der Waals surface area contributed by atoms with Gasteiger partial charge in [0.15, 0.2) is 24.7 Å². The van der Waals surface area contributed by atoms with Crippen molar-refractivity contribution in [3.63, 3.8) is 0 Å². The van der Waals surface area contributed by atoms with Crippen molar-refractivity contribution in [2.45, 2.75) is 13.5 Å². The fourth-order valence-electron chi connectivity index (χ4n) is 1.52. The number of nitrogens with zero attached hydrogens (tertiary/aromatic N) is 2. The molecule has 2 aromatic heterocycles. The lowest BCUT2D eigenvalue weighted by molar-refractivity contribution is -0.697. The Kier molecular flexibility index (Phi) is 3.93. The highest BCUT2D eigenvalue weighted by Crippen LogP contribution is 2.18. The van der Waals surface area contributed by atoms with Crippen molar-refractivity contribution in [1.82, 2.24) is 5.16 Å². The lowest BCUT2D eigenvalue weighted by atomic mass is 10.2. The van der Waals surface area contributed by atoms with Gasteiger partial charge in [-0.2, -0.15) is 0 Å². The monoisotopic (exact) mass is 284 g/mol. The fourth-order valence-corrected chi connectivity index (χ4v) is 1.79. The van der Waals surface area contributed by atoms with E-state index in [0.29, 0.717) is 5.76 Å². The quantitative estimate of drug-likeness (QED) is 0.448. The Balaban J connectivity index is 1.99. The minimum atomic E-state index is -4.63. The minimum Gasteiger partial charge on any atom is -0.726 e. The zero-order valence-electron chi connectivity index (χ0n) is 10.1. The molecule has 0 amide bonds. The van der Waals surface area contributed by atoms with Gasteiger partial charge in [-0.25, -0.2) is 13.0 Å². The number of hydrogen-bond donors (Lipinski definition) is 0. The highest BCUT2D eigenvalue weighted by atomic mass is 32.3. The first-order chi connectivity index (χ1) is 8.94. The Labute approximate surface area is 110 Å². The van der Waals surface area contributed by atoms with Crippen LogP contribution in [0.2, 0.25) is 0 Å². The van der Waals surface area contributed by atoms with Crippen molar-refractivity contribution in [2.75, 3.05) is 6.61 Å². The lowest BCUT2D eigenvalue weighted by Crippen LogP contribution is -2.35. The van der Waals surface area contributed by atoms with Crippen molar-refractivity contribution in [1.29, 1.82) is 0 Å². The van der Waals surface area contributed by atoms with Crippen molar-refractivity contribution < 1.29 is 26.2 Å². The molecule has 2 aromatic rings. The van der Waals surface area contributed by atoms with E-state index in [2.05, 4.69) is 9.34 Å². The van der Waals surface area contributed by atoms with Gasteiger partial charge in [-0.3, -0.25) is 4.18 Å². The van der Waals surface area contributed by atoms with Gasteiger partial charge in [0.25, 0.3) is 0 Å². The summed E-state index contributed by atoms with van der Waals surface area (Å²) in [5.74, 6) is 0.656. The molecule has 0 fully saturated rings. The molecule has 0 N–H and O–H groups in total. The average Bonchev–Trinajstić information content (AvgIpc) is 2.75. The largest absolute Gasteiger partial charge is 0.726 e. The third-order valence-electron chi connectivity index (χ3n) is 2.38. The van der Waals surface area contributed by atoms with Gasteiger partial charge in [0.05, 0.1) is 5.69 Å². The molecular weight excluding hydrogens is 272 g/mol. The smallest absolute Gasteiger partial charge is 0.217 e. The van der Waals surface area contributed by atoms with Gasteiger partial charge in [-0.05, 0) is 6.92 Å². The van der Waals surface area contributed by atoms with E-state index >= 15 is 0 Å². The molecule has 0 unspecified atom stereocenters. The van der Waals surface area contributed by atoms with Crippen LogP contribution in [0.5, 0.6) is 0 Å². The van der Waals surface area contributed by atoms with E-state index in [1.54, 1.807) is 29.1 Å². The van der Waals surface area contributed by atoms with Crippen LogP contribution in [0.15, 0.2) is 35.1 Å². The molecule has 0 spiro atoms. The van der Waals surface area contributed by atoms with E-state index in [-0.39, 0.29) is 13.2 Å². The SMILES string of the molecule is Cc1cc(-c2cc[n+](CCOS(=O)(=O)[O-])cc2)on1. The summed E-state index contributed by atoms with van der Waals surface area (Å²) in [7, 11) is -4.63. The maximum absolute atomic E-state index is 10.3. The first-order valence-corrected chi connectivity index (χ1v) is 6.80. The normalized spacial score (nSPS) is 11.7. The highest BCUT2D eigenvalue weighted by Gasteiger charge is 2.07. The minimum absolute atomic E-state index is 0.197. The van der Waals surface area contributed by atoms with Crippen LogP contribution in [-0.4, -0.2) is 24.7 Å². The number of rotatable bonds is 5. The molecule has 0 aliphatic heterocycles. The number of aryl methyl sites for hydroxylation is 1. The van der Waals surface area contributed by atoms with E-state index in [0.717, 1.165) is 11.3 Å². The second kappa shape index (κ2) is 5.47. The van der Waals surface area contributed by atoms with Crippen molar-refractivity contribution in [3.8, 4) is 11.3 Å². The van der Waals surface area contributed by atoms with E-state index < -0.39 is 10.4 Å². The van der Waals surface area contributed by atoms with Gasteiger partial charge in [0.2, 0.25) is 10.4 Å². The average molecular weight is 284 g/mol. The standard InChI is InChI=1S/C11H12N2O5S/c1-9-8-11(18-12-9)10-2-4-13(5-3-10)6-7-17-19(14,15)16/h2-5,8H,6-7H2,1H3. The van der Waals surface area contributed by atoms with Crippen LogP contribution in [0.4, 0.5) is 0 Å². The zero-order chi connectivity index (χ0) is 13.9. The van der Waals surface area contributed by atoms with Crippen LogP contribution < -0.4 is 4.57 Å². The summed E-state index contributed by atoms with van der Waals surface area (Å²) in [4.78, 5) is 0. The Bertz CT molecular complexity index is 648. The van der Waals surface area contributed by atoms with Crippen molar-refractivity contribution >= 4 is 10.4 Å². The van der Waals surface area contributed by atoms with Gasteiger partial charge in [-0.15, -0.1) is 0 Å². The summed E-state index contributed by atoms with van der Waals surface area (Å²) >= 11 is 0. The molecule has 0 aliphatic carbocycles. The summed E-state index contributed by atoms with van der Waals surface area (Å²) in [6, 6.07) is 5.41.